The van der Waals surface area contributed by atoms with Crippen molar-refractivity contribution in [3.8, 4) is 0 Å². The zero-order valence-corrected chi connectivity index (χ0v) is 15.4. The maximum absolute atomic E-state index is 12.9. The van der Waals surface area contributed by atoms with E-state index < -0.39 is 11.7 Å². The molecule has 7 heteroatoms. The lowest BCUT2D eigenvalue weighted by Crippen LogP contribution is -2.39. The van der Waals surface area contributed by atoms with Gasteiger partial charge in [0.2, 0.25) is 0 Å². The van der Waals surface area contributed by atoms with Crippen molar-refractivity contribution in [2.45, 2.75) is 32.0 Å². The first-order valence-corrected chi connectivity index (χ1v) is 9.22. The molecule has 0 spiro atoms. The number of rotatable bonds is 2. The van der Waals surface area contributed by atoms with Crippen LogP contribution in [0.25, 0.3) is 11.0 Å². The van der Waals surface area contributed by atoms with E-state index in [1.165, 1.54) is 6.07 Å². The Hall–Kier alpha value is -2.83. The van der Waals surface area contributed by atoms with Gasteiger partial charge in [-0.1, -0.05) is 17.7 Å². The van der Waals surface area contributed by atoms with Crippen molar-refractivity contribution >= 4 is 16.9 Å². The lowest BCUT2D eigenvalue weighted by atomic mass is 10.0. The van der Waals surface area contributed by atoms with Crippen LogP contribution in [-0.4, -0.2) is 33.4 Å². The number of piperidine rings is 1. The summed E-state index contributed by atoms with van der Waals surface area (Å²) in [5.41, 5.74) is 2.07. The first-order valence-electron chi connectivity index (χ1n) is 9.22. The third-order valence-electron chi connectivity index (χ3n) is 5.31. The normalized spacial score (nSPS) is 15.9. The highest BCUT2D eigenvalue weighted by atomic mass is 19.4. The van der Waals surface area contributed by atoms with E-state index in [0.717, 1.165) is 30.5 Å². The number of fused-ring (bicyclic) bond motifs is 1. The first kappa shape index (κ1) is 18.5. The molecule has 4 rings (SSSR count). The summed E-state index contributed by atoms with van der Waals surface area (Å²) >= 11 is 0. The average Bonchev–Trinajstić information content (AvgIpc) is 3.10. The van der Waals surface area contributed by atoms with E-state index in [4.69, 9.17) is 0 Å². The van der Waals surface area contributed by atoms with E-state index in [1.54, 1.807) is 6.33 Å². The van der Waals surface area contributed by atoms with Crippen LogP contribution in [0.15, 0.2) is 48.8 Å². The number of halogens is 3. The second-order valence-electron chi connectivity index (χ2n) is 7.25. The molecule has 1 saturated heterocycles. The summed E-state index contributed by atoms with van der Waals surface area (Å²) in [6.45, 7) is 3.17. The molecule has 2 aromatic carbocycles. The summed E-state index contributed by atoms with van der Waals surface area (Å²) in [7, 11) is 0. The highest BCUT2D eigenvalue weighted by Gasteiger charge is 2.31. The number of hydrogen-bond donors (Lipinski definition) is 0. The summed E-state index contributed by atoms with van der Waals surface area (Å²) < 4.78 is 40.6. The Labute approximate surface area is 160 Å². The molecule has 146 valence electrons. The summed E-state index contributed by atoms with van der Waals surface area (Å²) in [6.07, 6.45) is -1.29. The van der Waals surface area contributed by atoms with E-state index in [9.17, 15) is 18.0 Å². The van der Waals surface area contributed by atoms with E-state index in [0.29, 0.717) is 29.7 Å². The van der Waals surface area contributed by atoms with Gasteiger partial charge >= 0.3 is 6.18 Å². The molecule has 3 aromatic rings. The Kier molecular flexibility index (Phi) is 4.61. The van der Waals surface area contributed by atoms with Gasteiger partial charge in [0.1, 0.15) is 0 Å². The van der Waals surface area contributed by atoms with Crippen LogP contribution in [-0.2, 0) is 6.18 Å². The molecule has 0 aliphatic carbocycles. The number of imidazole rings is 1. The van der Waals surface area contributed by atoms with Gasteiger partial charge in [-0.2, -0.15) is 13.2 Å². The number of aromatic nitrogens is 2. The predicted molar refractivity (Wildman–Crippen MR) is 100 cm³/mol. The number of alkyl halides is 3. The van der Waals surface area contributed by atoms with Crippen molar-refractivity contribution in [3.63, 3.8) is 0 Å². The van der Waals surface area contributed by atoms with Crippen LogP contribution in [0, 0.1) is 6.92 Å². The Bertz CT molecular complexity index is 1020. The van der Waals surface area contributed by atoms with Gasteiger partial charge < -0.3 is 9.47 Å². The number of nitrogens with zero attached hydrogens (tertiary/aromatic N) is 3. The van der Waals surface area contributed by atoms with Crippen LogP contribution in [0.2, 0.25) is 0 Å². The molecule has 0 atom stereocenters. The minimum atomic E-state index is -4.38. The number of carbonyl (C=O) groups is 1. The van der Waals surface area contributed by atoms with Gasteiger partial charge in [-0.15, -0.1) is 0 Å². The molecule has 1 fully saturated rings. The van der Waals surface area contributed by atoms with E-state index in [-0.39, 0.29) is 11.9 Å². The van der Waals surface area contributed by atoms with Crippen molar-refractivity contribution in [2.24, 2.45) is 0 Å². The molecular formula is C21H20F3N3O. The van der Waals surface area contributed by atoms with Crippen molar-refractivity contribution in [1.82, 2.24) is 14.5 Å². The van der Waals surface area contributed by atoms with Crippen LogP contribution < -0.4 is 0 Å². The van der Waals surface area contributed by atoms with E-state index >= 15 is 0 Å². The van der Waals surface area contributed by atoms with Crippen molar-refractivity contribution in [1.29, 1.82) is 0 Å². The number of benzene rings is 2. The third-order valence-corrected chi connectivity index (χ3v) is 5.31. The Morgan fingerprint density at radius 2 is 1.86 bits per heavy atom. The Morgan fingerprint density at radius 3 is 2.54 bits per heavy atom. The fraction of sp³-hybridized carbons (Fsp3) is 0.333. The Balaban J connectivity index is 1.49. The van der Waals surface area contributed by atoms with Crippen LogP contribution in [0.3, 0.4) is 0 Å². The second-order valence-corrected chi connectivity index (χ2v) is 7.25. The monoisotopic (exact) mass is 387 g/mol. The maximum Gasteiger partial charge on any atom is 0.416 e. The number of amides is 1. The van der Waals surface area contributed by atoms with Gasteiger partial charge in [-0.3, -0.25) is 4.79 Å². The molecule has 28 heavy (non-hydrogen) atoms. The van der Waals surface area contributed by atoms with Crippen LogP contribution >= 0.6 is 0 Å². The molecule has 1 aliphatic heterocycles. The molecule has 0 radical (unpaired) electrons. The summed E-state index contributed by atoms with van der Waals surface area (Å²) in [4.78, 5) is 18.7. The molecule has 1 aliphatic rings. The predicted octanol–water partition coefficient (Wildman–Crippen LogP) is 4.84. The fourth-order valence-electron chi connectivity index (χ4n) is 3.81. The van der Waals surface area contributed by atoms with Crippen LogP contribution in [0.5, 0.6) is 0 Å². The van der Waals surface area contributed by atoms with Gasteiger partial charge in [-0.25, -0.2) is 4.98 Å². The Morgan fingerprint density at radius 1 is 1.11 bits per heavy atom. The quantitative estimate of drug-likeness (QED) is 0.631. The van der Waals surface area contributed by atoms with Crippen molar-refractivity contribution in [3.05, 3.63) is 65.5 Å². The van der Waals surface area contributed by atoms with Gasteiger partial charge in [0, 0.05) is 24.7 Å². The van der Waals surface area contributed by atoms with Gasteiger partial charge in [0.15, 0.2) is 0 Å². The average molecular weight is 387 g/mol. The number of hydrogen-bond acceptors (Lipinski definition) is 2. The minimum Gasteiger partial charge on any atom is -0.338 e. The van der Waals surface area contributed by atoms with Crippen molar-refractivity contribution < 1.29 is 18.0 Å². The summed E-state index contributed by atoms with van der Waals surface area (Å²) in [5.74, 6) is 0.0208. The lowest BCUT2D eigenvalue weighted by Gasteiger charge is -2.33. The summed E-state index contributed by atoms with van der Waals surface area (Å²) in [6, 6.07) is 11.3. The van der Waals surface area contributed by atoms with E-state index in [1.807, 2.05) is 40.7 Å². The molecule has 2 heterocycles. The standard InChI is InChI=1S/C21H20F3N3O/c1-14-3-2-4-15(11-14)20(28)26-9-7-17(8-10-26)27-13-25-18-12-16(21(22,23)24)5-6-19(18)27/h2-6,11-13,17H,7-10H2,1H3. The highest BCUT2D eigenvalue weighted by molar-refractivity contribution is 5.94. The largest absolute Gasteiger partial charge is 0.416 e. The lowest BCUT2D eigenvalue weighted by molar-refractivity contribution is -0.137. The molecule has 0 N–H and O–H groups in total. The summed E-state index contributed by atoms with van der Waals surface area (Å²) in [5, 5.41) is 0. The number of aryl methyl sites for hydroxylation is 1. The van der Waals surface area contributed by atoms with Gasteiger partial charge in [0.05, 0.1) is 22.9 Å². The third kappa shape index (κ3) is 3.48. The van der Waals surface area contributed by atoms with Crippen LogP contribution in [0.1, 0.15) is 40.4 Å². The SMILES string of the molecule is Cc1cccc(C(=O)N2CCC(n3cnc4cc(C(F)(F)F)ccc43)CC2)c1. The highest BCUT2D eigenvalue weighted by Crippen LogP contribution is 2.33. The van der Waals surface area contributed by atoms with Gasteiger partial charge in [0.25, 0.3) is 5.91 Å². The van der Waals surface area contributed by atoms with Crippen molar-refractivity contribution in [2.75, 3.05) is 13.1 Å². The first-order chi connectivity index (χ1) is 13.3. The number of likely N-dealkylation sites (tertiary alicyclic amines) is 1. The molecule has 4 nitrogen and oxygen atoms in total. The van der Waals surface area contributed by atoms with E-state index in [2.05, 4.69) is 4.98 Å². The smallest absolute Gasteiger partial charge is 0.338 e. The zero-order chi connectivity index (χ0) is 19.9. The molecule has 1 amide bonds. The van der Waals surface area contributed by atoms with Gasteiger partial charge in [-0.05, 0) is 50.1 Å². The maximum atomic E-state index is 12.9. The topological polar surface area (TPSA) is 38.1 Å². The van der Waals surface area contributed by atoms with Crippen LogP contribution in [0.4, 0.5) is 13.2 Å². The molecule has 0 saturated carbocycles. The molecular weight excluding hydrogens is 367 g/mol. The molecule has 0 unspecified atom stereocenters. The zero-order valence-electron chi connectivity index (χ0n) is 15.4. The second kappa shape index (κ2) is 6.96. The minimum absolute atomic E-state index is 0.0208. The molecule has 0 bridgehead atoms. The fourth-order valence-corrected chi connectivity index (χ4v) is 3.81. The number of carbonyl (C=O) groups excluding carboxylic acids is 1. The molecule has 1 aromatic heterocycles.